The van der Waals surface area contributed by atoms with Crippen molar-refractivity contribution in [1.29, 1.82) is 0 Å². The van der Waals surface area contributed by atoms with Gasteiger partial charge in [-0.25, -0.2) is 14.1 Å². The van der Waals surface area contributed by atoms with Crippen LogP contribution >= 0.6 is 0 Å². The molecule has 1 aliphatic rings. The molecule has 0 spiro atoms. The SMILES string of the molecule is CCCc1nc(C(=O)N[C@@H]2CC[C@H](C(=O)O)C2)nn1-c1ccccc1F. The highest BCUT2D eigenvalue weighted by atomic mass is 19.1. The molecule has 2 atom stereocenters. The van der Waals surface area contributed by atoms with Crippen LogP contribution in [0.25, 0.3) is 5.69 Å². The van der Waals surface area contributed by atoms with Gasteiger partial charge in [0.2, 0.25) is 5.82 Å². The fourth-order valence-electron chi connectivity index (χ4n) is 3.23. The van der Waals surface area contributed by atoms with Crippen LogP contribution in [0.3, 0.4) is 0 Å². The lowest BCUT2D eigenvalue weighted by Gasteiger charge is -2.10. The highest BCUT2D eigenvalue weighted by Gasteiger charge is 2.31. The van der Waals surface area contributed by atoms with Gasteiger partial charge in [0.05, 0.1) is 5.92 Å². The van der Waals surface area contributed by atoms with Crippen LogP contribution in [0.2, 0.25) is 0 Å². The molecule has 7 nitrogen and oxygen atoms in total. The molecular weight excluding hydrogens is 339 g/mol. The van der Waals surface area contributed by atoms with Crippen LogP contribution in [0.1, 0.15) is 49.1 Å². The largest absolute Gasteiger partial charge is 0.481 e. The predicted molar refractivity (Wildman–Crippen MR) is 91.5 cm³/mol. The van der Waals surface area contributed by atoms with Crippen LogP contribution in [0.4, 0.5) is 4.39 Å². The van der Waals surface area contributed by atoms with E-state index in [1.54, 1.807) is 18.2 Å². The van der Waals surface area contributed by atoms with Crippen molar-refractivity contribution in [3.8, 4) is 5.69 Å². The van der Waals surface area contributed by atoms with Crippen LogP contribution in [0.15, 0.2) is 24.3 Å². The van der Waals surface area contributed by atoms with E-state index < -0.39 is 23.6 Å². The second-order valence-corrected chi connectivity index (χ2v) is 6.48. The second kappa shape index (κ2) is 7.63. The van der Waals surface area contributed by atoms with E-state index in [-0.39, 0.29) is 17.6 Å². The van der Waals surface area contributed by atoms with Gasteiger partial charge in [0.25, 0.3) is 5.91 Å². The van der Waals surface area contributed by atoms with E-state index in [1.165, 1.54) is 10.7 Å². The maximum atomic E-state index is 14.1. The molecule has 1 heterocycles. The zero-order valence-corrected chi connectivity index (χ0v) is 14.5. The molecule has 1 aromatic heterocycles. The van der Waals surface area contributed by atoms with Gasteiger partial charge in [-0.3, -0.25) is 9.59 Å². The summed E-state index contributed by atoms with van der Waals surface area (Å²) < 4.78 is 15.5. The van der Waals surface area contributed by atoms with Crippen molar-refractivity contribution in [3.05, 3.63) is 41.7 Å². The summed E-state index contributed by atoms with van der Waals surface area (Å²) >= 11 is 0. The Balaban J connectivity index is 1.80. The molecule has 1 fully saturated rings. The highest BCUT2D eigenvalue weighted by molar-refractivity contribution is 5.90. The van der Waals surface area contributed by atoms with Gasteiger partial charge in [-0.15, -0.1) is 5.10 Å². The standard InChI is InChI=1S/C18H21FN4O3/c1-2-5-15-21-16(22-23(15)14-7-4-3-6-13(14)19)17(24)20-12-9-8-11(10-12)18(25)26/h3-4,6-7,11-12H,2,5,8-10H2,1H3,(H,20,24)(H,25,26)/t11-,12+/m0/s1. The number of nitrogens with one attached hydrogen (secondary N) is 1. The molecular formula is C18H21FN4O3. The van der Waals surface area contributed by atoms with Crippen LogP contribution in [-0.2, 0) is 11.2 Å². The first kappa shape index (κ1) is 18.0. The zero-order chi connectivity index (χ0) is 18.7. The number of hydrogen-bond donors (Lipinski definition) is 2. The normalized spacial score (nSPS) is 19.5. The van der Waals surface area contributed by atoms with E-state index in [4.69, 9.17) is 5.11 Å². The number of aromatic nitrogens is 3. The van der Waals surface area contributed by atoms with Gasteiger partial charge in [0.1, 0.15) is 17.3 Å². The van der Waals surface area contributed by atoms with Gasteiger partial charge >= 0.3 is 5.97 Å². The summed E-state index contributed by atoms with van der Waals surface area (Å²) in [5.74, 6) is -1.70. The van der Waals surface area contributed by atoms with Crippen LogP contribution < -0.4 is 5.32 Å². The summed E-state index contributed by atoms with van der Waals surface area (Å²) in [5, 5.41) is 16.0. The van der Waals surface area contributed by atoms with E-state index in [9.17, 15) is 14.0 Å². The fraction of sp³-hybridized carbons (Fsp3) is 0.444. The average Bonchev–Trinajstić information content (AvgIpc) is 3.23. The maximum absolute atomic E-state index is 14.1. The highest BCUT2D eigenvalue weighted by Crippen LogP contribution is 2.26. The second-order valence-electron chi connectivity index (χ2n) is 6.48. The number of para-hydroxylation sites is 1. The lowest BCUT2D eigenvalue weighted by molar-refractivity contribution is -0.141. The van der Waals surface area contributed by atoms with Crippen molar-refractivity contribution < 1.29 is 19.1 Å². The lowest BCUT2D eigenvalue weighted by atomic mass is 10.1. The third-order valence-electron chi connectivity index (χ3n) is 4.55. The summed E-state index contributed by atoms with van der Waals surface area (Å²) in [6, 6.07) is 5.98. The van der Waals surface area contributed by atoms with Gasteiger partial charge in [-0.2, -0.15) is 0 Å². The van der Waals surface area contributed by atoms with E-state index in [2.05, 4.69) is 15.4 Å². The van der Waals surface area contributed by atoms with E-state index in [0.717, 1.165) is 6.42 Å². The Morgan fingerprint density at radius 3 is 2.77 bits per heavy atom. The number of nitrogens with zero attached hydrogens (tertiary/aromatic N) is 3. The molecule has 1 saturated carbocycles. The molecule has 0 bridgehead atoms. The average molecular weight is 360 g/mol. The first-order valence-corrected chi connectivity index (χ1v) is 8.74. The molecule has 0 aliphatic heterocycles. The smallest absolute Gasteiger partial charge is 0.306 e. The summed E-state index contributed by atoms with van der Waals surface area (Å²) in [6.07, 6.45) is 2.88. The third-order valence-corrected chi connectivity index (χ3v) is 4.55. The third kappa shape index (κ3) is 3.74. The number of carboxylic acids is 1. The number of carbonyl (C=O) groups is 2. The molecule has 26 heavy (non-hydrogen) atoms. The number of halogens is 1. The molecule has 0 radical (unpaired) electrons. The molecule has 1 amide bonds. The number of carboxylic acid groups (broad SMARTS) is 1. The van der Waals surface area contributed by atoms with E-state index in [0.29, 0.717) is 31.5 Å². The Morgan fingerprint density at radius 1 is 1.35 bits per heavy atom. The van der Waals surface area contributed by atoms with Gasteiger partial charge < -0.3 is 10.4 Å². The Hall–Kier alpha value is -2.77. The molecule has 0 saturated heterocycles. The van der Waals surface area contributed by atoms with Gasteiger partial charge in [0.15, 0.2) is 0 Å². The number of rotatable bonds is 6. The molecule has 1 aromatic carbocycles. The summed E-state index contributed by atoms with van der Waals surface area (Å²) in [5.41, 5.74) is 0.245. The number of carbonyl (C=O) groups excluding carboxylic acids is 1. The molecule has 138 valence electrons. The molecule has 8 heteroatoms. The Labute approximate surface area is 150 Å². The first-order chi connectivity index (χ1) is 12.5. The monoisotopic (exact) mass is 360 g/mol. The summed E-state index contributed by atoms with van der Waals surface area (Å²) in [4.78, 5) is 27.8. The van der Waals surface area contributed by atoms with Crippen LogP contribution in [-0.4, -0.2) is 37.8 Å². The van der Waals surface area contributed by atoms with Crippen LogP contribution in [0.5, 0.6) is 0 Å². The molecule has 2 aromatic rings. The van der Waals surface area contributed by atoms with Gasteiger partial charge in [0, 0.05) is 12.5 Å². The van der Waals surface area contributed by atoms with Crippen molar-refractivity contribution in [3.63, 3.8) is 0 Å². The minimum Gasteiger partial charge on any atom is -0.481 e. The number of hydrogen-bond acceptors (Lipinski definition) is 4. The topological polar surface area (TPSA) is 97.1 Å². The van der Waals surface area contributed by atoms with Crippen molar-refractivity contribution in [2.24, 2.45) is 5.92 Å². The summed E-state index contributed by atoms with van der Waals surface area (Å²) in [6.45, 7) is 1.96. The zero-order valence-electron chi connectivity index (χ0n) is 14.5. The predicted octanol–water partition coefficient (Wildman–Crippen LogP) is 2.34. The van der Waals surface area contributed by atoms with Crippen molar-refractivity contribution in [2.75, 3.05) is 0 Å². The molecule has 3 rings (SSSR count). The number of aliphatic carboxylic acids is 1. The Morgan fingerprint density at radius 2 is 2.12 bits per heavy atom. The van der Waals surface area contributed by atoms with E-state index >= 15 is 0 Å². The molecule has 0 unspecified atom stereocenters. The Kier molecular flexibility index (Phi) is 5.29. The Bertz CT molecular complexity index is 821. The van der Waals surface area contributed by atoms with Crippen molar-refractivity contribution in [1.82, 2.24) is 20.1 Å². The quantitative estimate of drug-likeness (QED) is 0.824. The first-order valence-electron chi connectivity index (χ1n) is 8.74. The lowest BCUT2D eigenvalue weighted by Crippen LogP contribution is -2.34. The molecule has 2 N–H and O–H groups in total. The number of aryl methyl sites for hydroxylation is 1. The van der Waals surface area contributed by atoms with Crippen LogP contribution in [0, 0.1) is 11.7 Å². The number of benzene rings is 1. The summed E-state index contributed by atoms with van der Waals surface area (Å²) in [7, 11) is 0. The van der Waals surface area contributed by atoms with Gasteiger partial charge in [-0.1, -0.05) is 19.1 Å². The minimum absolute atomic E-state index is 0.0320. The fourth-order valence-corrected chi connectivity index (χ4v) is 3.23. The van der Waals surface area contributed by atoms with Crippen molar-refractivity contribution >= 4 is 11.9 Å². The maximum Gasteiger partial charge on any atom is 0.306 e. The van der Waals surface area contributed by atoms with Gasteiger partial charge in [-0.05, 0) is 37.8 Å². The molecule has 1 aliphatic carbocycles. The number of amides is 1. The van der Waals surface area contributed by atoms with E-state index in [1.807, 2.05) is 6.92 Å². The minimum atomic E-state index is -0.839. The van der Waals surface area contributed by atoms with Crippen molar-refractivity contribution in [2.45, 2.75) is 45.1 Å².